The second-order valence-corrected chi connectivity index (χ2v) is 6.39. The topological polar surface area (TPSA) is 81.0 Å². The number of aryl methyl sites for hydroxylation is 1. The molecule has 1 aliphatic heterocycles. The summed E-state index contributed by atoms with van der Waals surface area (Å²) in [6.07, 6.45) is 3.31. The maximum atomic E-state index is 11.6. The SMILES string of the molecule is COC(=O)c1cc(-c2cc(C#N)c3c(c2)cc2n3[C@@H](C)CCC2)no1. The molecule has 0 bridgehead atoms. The van der Waals surface area contributed by atoms with E-state index in [0.29, 0.717) is 17.3 Å². The summed E-state index contributed by atoms with van der Waals surface area (Å²) in [7, 11) is 1.29. The summed E-state index contributed by atoms with van der Waals surface area (Å²) in [5.41, 5.74) is 4.10. The molecule has 6 nitrogen and oxygen atoms in total. The molecule has 0 fully saturated rings. The Morgan fingerprint density at radius 2 is 2.24 bits per heavy atom. The minimum atomic E-state index is -0.575. The number of fused-ring (bicyclic) bond motifs is 3. The molecular formula is C19H17N3O3. The first-order valence-electron chi connectivity index (χ1n) is 8.25. The number of hydrogen-bond donors (Lipinski definition) is 0. The molecule has 1 aromatic carbocycles. The second kappa shape index (κ2) is 5.78. The quantitative estimate of drug-likeness (QED) is 0.664. The average Bonchev–Trinajstić information content (AvgIpc) is 3.25. The molecule has 3 aromatic rings. The minimum absolute atomic E-state index is 0.0425. The van der Waals surface area contributed by atoms with Gasteiger partial charge in [0.1, 0.15) is 11.8 Å². The van der Waals surface area contributed by atoms with Crippen molar-refractivity contribution < 1.29 is 14.1 Å². The lowest BCUT2D eigenvalue weighted by Gasteiger charge is -2.24. The van der Waals surface area contributed by atoms with Gasteiger partial charge in [-0.3, -0.25) is 0 Å². The third-order valence-corrected chi connectivity index (χ3v) is 4.82. The Morgan fingerprint density at radius 3 is 3.00 bits per heavy atom. The highest BCUT2D eigenvalue weighted by atomic mass is 16.5. The predicted octanol–water partition coefficient (Wildman–Crippen LogP) is 3.85. The van der Waals surface area contributed by atoms with E-state index < -0.39 is 5.97 Å². The van der Waals surface area contributed by atoms with Gasteiger partial charge in [0, 0.05) is 28.8 Å². The number of benzene rings is 1. The van der Waals surface area contributed by atoms with Gasteiger partial charge in [-0.15, -0.1) is 0 Å². The van der Waals surface area contributed by atoms with E-state index in [0.717, 1.165) is 35.7 Å². The molecule has 126 valence electrons. The lowest BCUT2D eigenvalue weighted by atomic mass is 10.0. The average molecular weight is 335 g/mol. The zero-order valence-electron chi connectivity index (χ0n) is 14.1. The number of carbonyl (C=O) groups is 1. The zero-order valence-corrected chi connectivity index (χ0v) is 14.1. The summed E-state index contributed by atoms with van der Waals surface area (Å²) in [6.45, 7) is 2.19. The predicted molar refractivity (Wildman–Crippen MR) is 91.1 cm³/mol. The number of nitriles is 1. The number of methoxy groups -OCH3 is 1. The van der Waals surface area contributed by atoms with Gasteiger partial charge in [-0.2, -0.15) is 5.26 Å². The second-order valence-electron chi connectivity index (χ2n) is 6.39. The Bertz CT molecular complexity index is 1020. The van der Waals surface area contributed by atoms with Gasteiger partial charge in [0.15, 0.2) is 0 Å². The smallest absolute Gasteiger partial charge is 0.376 e. The van der Waals surface area contributed by atoms with E-state index in [1.54, 1.807) is 6.07 Å². The summed E-state index contributed by atoms with van der Waals surface area (Å²) in [4.78, 5) is 11.6. The molecule has 3 heterocycles. The van der Waals surface area contributed by atoms with Gasteiger partial charge in [0.2, 0.25) is 5.76 Å². The molecule has 0 radical (unpaired) electrons. The molecule has 25 heavy (non-hydrogen) atoms. The molecular weight excluding hydrogens is 318 g/mol. The van der Waals surface area contributed by atoms with E-state index in [4.69, 9.17) is 4.52 Å². The number of esters is 1. The van der Waals surface area contributed by atoms with Gasteiger partial charge < -0.3 is 13.8 Å². The fourth-order valence-electron chi connectivity index (χ4n) is 3.67. The van der Waals surface area contributed by atoms with Crippen LogP contribution in [-0.4, -0.2) is 22.8 Å². The van der Waals surface area contributed by atoms with Crippen molar-refractivity contribution in [3.8, 4) is 17.3 Å². The number of hydrogen-bond acceptors (Lipinski definition) is 5. The Balaban J connectivity index is 1.89. The Morgan fingerprint density at radius 1 is 1.40 bits per heavy atom. The molecule has 1 atom stereocenters. The van der Waals surface area contributed by atoms with Gasteiger partial charge in [-0.1, -0.05) is 5.16 Å². The number of carbonyl (C=O) groups excluding carboxylic acids is 1. The summed E-state index contributed by atoms with van der Waals surface area (Å²) >= 11 is 0. The summed E-state index contributed by atoms with van der Waals surface area (Å²) in [6, 6.07) is 10.2. The summed E-state index contributed by atoms with van der Waals surface area (Å²) in [5.74, 6) is -0.533. The fourth-order valence-corrected chi connectivity index (χ4v) is 3.67. The molecule has 0 amide bonds. The molecule has 1 aliphatic rings. The van der Waals surface area contributed by atoms with Crippen LogP contribution in [0.5, 0.6) is 0 Å². The molecule has 0 saturated heterocycles. The molecule has 0 spiro atoms. The van der Waals surface area contributed by atoms with Crippen LogP contribution in [0.4, 0.5) is 0 Å². The van der Waals surface area contributed by atoms with Crippen molar-refractivity contribution in [2.45, 2.75) is 32.2 Å². The first kappa shape index (κ1) is 15.5. The van der Waals surface area contributed by atoms with Crippen LogP contribution < -0.4 is 0 Å². The van der Waals surface area contributed by atoms with E-state index in [2.05, 4.69) is 33.5 Å². The Kier molecular flexibility index (Phi) is 3.57. The van der Waals surface area contributed by atoms with E-state index in [1.165, 1.54) is 18.9 Å². The summed E-state index contributed by atoms with van der Waals surface area (Å²) in [5, 5.41) is 14.6. The molecule has 2 aromatic heterocycles. The van der Waals surface area contributed by atoms with Crippen molar-refractivity contribution in [1.29, 1.82) is 5.26 Å². The maximum absolute atomic E-state index is 11.6. The van der Waals surface area contributed by atoms with Gasteiger partial charge in [0.25, 0.3) is 0 Å². The normalized spacial score (nSPS) is 16.4. The van der Waals surface area contributed by atoms with E-state index >= 15 is 0 Å². The van der Waals surface area contributed by atoms with Crippen LogP contribution in [0.3, 0.4) is 0 Å². The van der Waals surface area contributed by atoms with Crippen LogP contribution in [0.15, 0.2) is 28.8 Å². The van der Waals surface area contributed by atoms with Gasteiger partial charge in [-0.05, 0) is 44.4 Å². The molecule has 4 rings (SSSR count). The van der Waals surface area contributed by atoms with Gasteiger partial charge in [0.05, 0.1) is 18.2 Å². The van der Waals surface area contributed by atoms with Crippen molar-refractivity contribution in [3.63, 3.8) is 0 Å². The number of rotatable bonds is 2. The van der Waals surface area contributed by atoms with Crippen LogP contribution in [0, 0.1) is 11.3 Å². The lowest BCUT2D eigenvalue weighted by molar-refractivity contribution is 0.0554. The third kappa shape index (κ3) is 2.40. The minimum Gasteiger partial charge on any atom is -0.463 e. The van der Waals surface area contributed by atoms with Crippen molar-refractivity contribution in [2.24, 2.45) is 0 Å². The number of nitrogens with zero attached hydrogens (tertiary/aromatic N) is 3. The first-order valence-corrected chi connectivity index (χ1v) is 8.25. The largest absolute Gasteiger partial charge is 0.463 e. The lowest BCUT2D eigenvalue weighted by Crippen LogP contribution is -2.14. The van der Waals surface area contributed by atoms with E-state index in [9.17, 15) is 10.1 Å². The van der Waals surface area contributed by atoms with Crippen LogP contribution in [0.1, 0.15) is 47.6 Å². The highest BCUT2D eigenvalue weighted by molar-refractivity contribution is 5.92. The Labute approximate surface area is 144 Å². The Hall–Kier alpha value is -3.07. The fraction of sp³-hybridized carbons (Fsp3) is 0.316. The van der Waals surface area contributed by atoms with Crippen molar-refractivity contribution >= 4 is 16.9 Å². The molecule has 0 N–H and O–H groups in total. The standard InChI is InChI=1S/C19H17N3O3/c1-11-4-3-5-15-8-13-6-12(7-14(10-20)18(13)22(11)15)16-9-17(25-21-16)19(23)24-2/h6-9,11H,3-5H2,1-2H3/t11-/m0/s1. The van der Waals surface area contributed by atoms with Crippen molar-refractivity contribution in [3.05, 3.63) is 41.3 Å². The molecule has 6 heteroatoms. The third-order valence-electron chi connectivity index (χ3n) is 4.82. The van der Waals surface area contributed by atoms with Gasteiger partial charge in [-0.25, -0.2) is 4.79 Å². The monoisotopic (exact) mass is 335 g/mol. The van der Waals surface area contributed by atoms with Crippen molar-refractivity contribution in [1.82, 2.24) is 9.72 Å². The van der Waals surface area contributed by atoms with Crippen LogP contribution in [-0.2, 0) is 11.2 Å². The molecule has 0 saturated carbocycles. The maximum Gasteiger partial charge on any atom is 0.376 e. The molecule has 0 aliphatic carbocycles. The molecule has 0 unspecified atom stereocenters. The van der Waals surface area contributed by atoms with E-state index in [1.807, 2.05) is 6.07 Å². The first-order chi connectivity index (χ1) is 12.1. The van der Waals surface area contributed by atoms with Crippen molar-refractivity contribution in [2.75, 3.05) is 7.11 Å². The number of ether oxygens (including phenoxy) is 1. The number of aromatic nitrogens is 2. The highest BCUT2D eigenvalue weighted by Crippen LogP contribution is 2.36. The van der Waals surface area contributed by atoms with Gasteiger partial charge >= 0.3 is 5.97 Å². The summed E-state index contributed by atoms with van der Waals surface area (Å²) < 4.78 is 12.0. The zero-order chi connectivity index (χ0) is 17.6. The van der Waals surface area contributed by atoms with E-state index in [-0.39, 0.29) is 5.76 Å². The van der Waals surface area contributed by atoms with Crippen LogP contribution in [0.25, 0.3) is 22.2 Å². The van der Waals surface area contributed by atoms with Crippen LogP contribution >= 0.6 is 0 Å². The highest BCUT2D eigenvalue weighted by Gasteiger charge is 2.22. The van der Waals surface area contributed by atoms with Crippen LogP contribution in [0.2, 0.25) is 0 Å².